The molecule has 4 heteroatoms. The second-order valence-corrected chi connectivity index (χ2v) is 4.69. The van der Waals surface area contributed by atoms with Gasteiger partial charge in [-0.2, -0.15) is 0 Å². The summed E-state index contributed by atoms with van der Waals surface area (Å²) in [5.41, 5.74) is 1.79. The van der Waals surface area contributed by atoms with Gasteiger partial charge in [0.25, 0.3) is 0 Å². The minimum atomic E-state index is -0.966. The number of imidazole rings is 1. The first-order valence-corrected chi connectivity index (χ1v) is 5.70. The molecule has 0 unspecified atom stereocenters. The second-order valence-electron chi connectivity index (χ2n) is 4.69. The number of rotatable bonds is 3. The van der Waals surface area contributed by atoms with Crippen LogP contribution in [0.25, 0.3) is 5.52 Å². The van der Waals surface area contributed by atoms with Crippen molar-refractivity contribution >= 4 is 11.5 Å². The Hall–Kier alpha value is -1.84. The molecule has 0 amide bonds. The number of carboxylic acid groups (broad SMARTS) is 1. The van der Waals surface area contributed by atoms with E-state index in [0.717, 1.165) is 17.8 Å². The molecule has 0 aliphatic rings. The maximum absolute atomic E-state index is 11.2. The fourth-order valence-corrected chi connectivity index (χ4v) is 2.03. The minimum absolute atomic E-state index is 0.152. The Balaban J connectivity index is 2.71. The van der Waals surface area contributed by atoms with E-state index >= 15 is 0 Å². The van der Waals surface area contributed by atoms with Crippen molar-refractivity contribution in [3.8, 4) is 0 Å². The van der Waals surface area contributed by atoms with Crippen LogP contribution in [0.2, 0.25) is 0 Å². The van der Waals surface area contributed by atoms with Crippen LogP contribution in [-0.4, -0.2) is 20.5 Å². The van der Waals surface area contributed by atoms with Gasteiger partial charge in [-0.3, -0.25) is 0 Å². The third kappa shape index (κ3) is 2.02. The van der Waals surface area contributed by atoms with Crippen LogP contribution in [0.5, 0.6) is 0 Å². The van der Waals surface area contributed by atoms with Gasteiger partial charge in [-0.15, -0.1) is 0 Å². The molecule has 90 valence electrons. The van der Waals surface area contributed by atoms with Gasteiger partial charge < -0.3 is 9.51 Å². The lowest BCUT2D eigenvalue weighted by Gasteiger charge is -2.04. The molecule has 0 atom stereocenters. The SMILES string of the molecule is Cc1cccn2c(CC(C)C)nc(C(=O)O)c12. The number of carboxylic acids is 1. The van der Waals surface area contributed by atoms with Crippen LogP contribution in [0, 0.1) is 12.8 Å². The quantitative estimate of drug-likeness (QED) is 0.884. The first-order chi connectivity index (χ1) is 8.00. The number of aromatic carboxylic acids is 1. The van der Waals surface area contributed by atoms with E-state index in [-0.39, 0.29) is 5.69 Å². The average Bonchev–Trinajstić information content (AvgIpc) is 2.58. The highest BCUT2D eigenvalue weighted by Gasteiger charge is 2.18. The zero-order chi connectivity index (χ0) is 12.6. The monoisotopic (exact) mass is 232 g/mol. The van der Waals surface area contributed by atoms with E-state index < -0.39 is 5.97 Å². The molecule has 17 heavy (non-hydrogen) atoms. The Morgan fingerprint density at radius 2 is 2.24 bits per heavy atom. The average molecular weight is 232 g/mol. The van der Waals surface area contributed by atoms with Crippen molar-refractivity contribution < 1.29 is 9.90 Å². The molecule has 0 radical (unpaired) electrons. The lowest BCUT2D eigenvalue weighted by atomic mass is 10.1. The number of aryl methyl sites for hydroxylation is 1. The van der Waals surface area contributed by atoms with Crippen molar-refractivity contribution in [3.63, 3.8) is 0 Å². The Morgan fingerprint density at radius 3 is 2.82 bits per heavy atom. The molecule has 0 saturated heterocycles. The van der Waals surface area contributed by atoms with Gasteiger partial charge in [0.1, 0.15) is 5.82 Å². The molecule has 2 aromatic rings. The van der Waals surface area contributed by atoms with Crippen molar-refractivity contribution in [3.05, 3.63) is 35.4 Å². The van der Waals surface area contributed by atoms with Crippen LogP contribution in [0.3, 0.4) is 0 Å². The van der Waals surface area contributed by atoms with Crippen molar-refractivity contribution in [2.24, 2.45) is 5.92 Å². The Morgan fingerprint density at radius 1 is 1.53 bits per heavy atom. The number of pyridine rings is 1. The molecule has 0 fully saturated rings. The summed E-state index contributed by atoms with van der Waals surface area (Å²) < 4.78 is 1.89. The lowest BCUT2D eigenvalue weighted by Crippen LogP contribution is -2.00. The molecule has 0 aliphatic carbocycles. The minimum Gasteiger partial charge on any atom is -0.476 e. The molecular formula is C13H16N2O2. The lowest BCUT2D eigenvalue weighted by molar-refractivity contribution is 0.0693. The molecule has 0 bridgehead atoms. The Kier molecular flexibility index (Phi) is 2.88. The zero-order valence-corrected chi connectivity index (χ0v) is 10.3. The Bertz CT molecular complexity index is 570. The largest absolute Gasteiger partial charge is 0.476 e. The van der Waals surface area contributed by atoms with E-state index in [0.29, 0.717) is 11.4 Å². The van der Waals surface area contributed by atoms with Crippen LogP contribution in [0.4, 0.5) is 0 Å². The molecule has 1 N–H and O–H groups in total. The number of hydrogen-bond acceptors (Lipinski definition) is 2. The van der Waals surface area contributed by atoms with Gasteiger partial charge in [-0.25, -0.2) is 9.78 Å². The van der Waals surface area contributed by atoms with Crippen LogP contribution >= 0.6 is 0 Å². The van der Waals surface area contributed by atoms with Crippen LogP contribution in [-0.2, 0) is 6.42 Å². The van der Waals surface area contributed by atoms with Gasteiger partial charge in [-0.05, 0) is 24.5 Å². The summed E-state index contributed by atoms with van der Waals surface area (Å²) in [4.78, 5) is 15.4. The van der Waals surface area contributed by atoms with E-state index in [9.17, 15) is 9.90 Å². The van der Waals surface area contributed by atoms with E-state index in [4.69, 9.17) is 0 Å². The van der Waals surface area contributed by atoms with Crippen LogP contribution in [0.1, 0.15) is 35.7 Å². The molecule has 0 aliphatic heterocycles. The third-order valence-corrected chi connectivity index (χ3v) is 2.73. The predicted octanol–water partition coefficient (Wildman–Crippen LogP) is 2.54. The van der Waals surface area contributed by atoms with Crippen molar-refractivity contribution in [1.82, 2.24) is 9.38 Å². The van der Waals surface area contributed by atoms with Gasteiger partial charge >= 0.3 is 5.97 Å². The summed E-state index contributed by atoms with van der Waals surface area (Å²) in [6, 6.07) is 3.82. The highest BCUT2D eigenvalue weighted by Crippen LogP contribution is 2.19. The summed E-state index contributed by atoms with van der Waals surface area (Å²) >= 11 is 0. The molecule has 0 saturated carbocycles. The van der Waals surface area contributed by atoms with Gasteiger partial charge in [0, 0.05) is 12.6 Å². The maximum atomic E-state index is 11.2. The summed E-state index contributed by atoms with van der Waals surface area (Å²) in [6.07, 6.45) is 2.65. The Labute approximate surface area is 99.9 Å². The molecular weight excluding hydrogens is 216 g/mol. The number of aromatic nitrogens is 2. The molecule has 0 aromatic carbocycles. The number of nitrogens with zero attached hydrogens (tertiary/aromatic N) is 2. The number of carbonyl (C=O) groups is 1. The topological polar surface area (TPSA) is 54.6 Å². The fourth-order valence-electron chi connectivity index (χ4n) is 2.03. The molecule has 2 rings (SSSR count). The first-order valence-electron chi connectivity index (χ1n) is 5.70. The highest BCUT2D eigenvalue weighted by atomic mass is 16.4. The standard InChI is InChI=1S/C13H16N2O2/c1-8(2)7-10-14-11(13(16)17)12-9(3)5-4-6-15(10)12/h4-6,8H,7H2,1-3H3,(H,16,17). The van der Waals surface area contributed by atoms with Gasteiger partial charge in [0.2, 0.25) is 0 Å². The summed E-state index contributed by atoms with van der Waals surface area (Å²) in [7, 11) is 0. The normalized spacial score (nSPS) is 11.3. The molecule has 0 spiro atoms. The second kappa shape index (κ2) is 4.20. The van der Waals surface area contributed by atoms with Crippen molar-refractivity contribution in [1.29, 1.82) is 0 Å². The van der Waals surface area contributed by atoms with E-state index in [1.165, 1.54) is 0 Å². The smallest absolute Gasteiger partial charge is 0.356 e. The third-order valence-electron chi connectivity index (χ3n) is 2.73. The first kappa shape index (κ1) is 11.6. The summed E-state index contributed by atoms with van der Waals surface area (Å²) in [5, 5.41) is 9.18. The maximum Gasteiger partial charge on any atom is 0.356 e. The van der Waals surface area contributed by atoms with Crippen molar-refractivity contribution in [2.45, 2.75) is 27.2 Å². The highest BCUT2D eigenvalue weighted by molar-refractivity contribution is 5.94. The number of hydrogen-bond donors (Lipinski definition) is 1. The summed E-state index contributed by atoms with van der Waals surface area (Å²) in [5.74, 6) is 0.297. The summed E-state index contributed by atoms with van der Waals surface area (Å²) in [6.45, 7) is 6.09. The van der Waals surface area contributed by atoms with Crippen LogP contribution < -0.4 is 0 Å². The van der Waals surface area contributed by atoms with E-state index in [1.54, 1.807) is 0 Å². The van der Waals surface area contributed by atoms with E-state index in [1.807, 2.05) is 29.7 Å². The molecule has 2 heterocycles. The van der Waals surface area contributed by atoms with Gasteiger partial charge in [0.05, 0.1) is 5.52 Å². The molecule has 2 aromatic heterocycles. The van der Waals surface area contributed by atoms with Crippen LogP contribution in [0.15, 0.2) is 18.3 Å². The van der Waals surface area contributed by atoms with Gasteiger partial charge in [-0.1, -0.05) is 19.9 Å². The van der Waals surface area contributed by atoms with Crippen molar-refractivity contribution in [2.75, 3.05) is 0 Å². The van der Waals surface area contributed by atoms with Gasteiger partial charge in [0.15, 0.2) is 5.69 Å². The predicted molar refractivity (Wildman–Crippen MR) is 65.4 cm³/mol. The molecule has 4 nitrogen and oxygen atoms in total. The number of fused-ring (bicyclic) bond motifs is 1. The zero-order valence-electron chi connectivity index (χ0n) is 10.3. The van der Waals surface area contributed by atoms with E-state index in [2.05, 4.69) is 18.8 Å². The fraction of sp³-hybridized carbons (Fsp3) is 0.385.